The number of halogens is 7. The Kier molecular flexibility index (Phi) is 16.0. The van der Waals surface area contributed by atoms with E-state index in [0.29, 0.717) is 88.5 Å². The van der Waals surface area contributed by atoms with Crippen molar-refractivity contribution in [1.29, 1.82) is 0 Å². The summed E-state index contributed by atoms with van der Waals surface area (Å²) >= 11 is 8.45. The van der Waals surface area contributed by atoms with E-state index >= 15 is 0 Å². The van der Waals surface area contributed by atoms with Gasteiger partial charge in [0.05, 0.1) is 21.0 Å². The number of nitrogens with zero attached hydrogens (tertiary/aromatic N) is 4. The van der Waals surface area contributed by atoms with Crippen molar-refractivity contribution in [3.63, 3.8) is 0 Å². The Morgan fingerprint density at radius 2 is 0.944 bits per heavy atom. The number of fused-ring (bicyclic) bond motifs is 2. The first-order valence-corrected chi connectivity index (χ1v) is 25.2. The van der Waals surface area contributed by atoms with Gasteiger partial charge in [-0.3, -0.25) is 19.2 Å². The fraction of sp³-hybridized carbons (Fsp3) is 0.360. The molecular formula is C50H50BClF6N6O6S2. The number of hydrogen-bond donors (Lipinski definition) is 4. The second-order valence-corrected chi connectivity index (χ2v) is 20.7. The third-order valence-electron chi connectivity index (χ3n) is 12.9. The SMILES string of the molecule is CB(O)O.Cc1c(C(=O)N2CC(N[C@H]3CCN(C(=O)c4ccccc4)C3)C2)sc2cc(C(F)(F)F)ccc12.O=C(c1ccccc1)N1CC[C@H](NC2CN(C(=O)c3sc4cc(C(F)(F)F)ccc4c3Cl)C2)C1. The number of amides is 4. The number of thiophene rings is 2. The van der Waals surface area contributed by atoms with Crippen molar-refractivity contribution in [2.24, 2.45) is 0 Å². The summed E-state index contributed by atoms with van der Waals surface area (Å²) in [4.78, 5) is 59.0. The Labute approximate surface area is 424 Å². The molecule has 2 atom stereocenters. The van der Waals surface area contributed by atoms with Gasteiger partial charge in [-0.1, -0.05) is 60.1 Å². The molecule has 0 unspecified atom stereocenters. The van der Waals surface area contributed by atoms with Gasteiger partial charge in [-0.15, -0.1) is 22.7 Å². The molecule has 72 heavy (non-hydrogen) atoms. The summed E-state index contributed by atoms with van der Waals surface area (Å²) in [6, 6.07) is 25.9. The van der Waals surface area contributed by atoms with Gasteiger partial charge >= 0.3 is 19.5 Å². The van der Waals surface area contributed by atoms with Crippen molar-refractivity contribution >= 4 is 85.2 Å². The molecule has 4 saturated heterocycles. The van der Waals surface area contributed by atoms with Crippen molar-refractivity contribution in [1.82, 2.24) is 30.2 Å². The van der Waals surface area contributed by atoms with Gasteiger partial charge in [-0.25, -0.2) is 0 Å². The maximum atomic E-state index is 13.0. The Morgan fingerprint density at radius 3 is 1.38 bits per heavy atom. The van der Waals surface area contributed by atoms with Gasteiger partial charge in [-0.05, 0) is 86.1 Å². The quantitative estimate of drug-likeness (QED) is 0.0878. The van der Waals surface area contributed by atoms with Crippen LogP contribution in [0.5, 0.6) is 0 Å². The van der Waals surface area contributed by atoms with E-state index in [9.17, 15) is 45.5 Å². The van der Waals surface area contributed by atoms with Crippen LogP contribution in [0.25, 0.3) is 20.2 Å². The van der Waals surface area contributed by atoms with E-state index in [2.05, 4.69) is 10.6 Å². The third kappa shape index (κ3) is 12.1. The molecule has 12 nitrogen and oxygen atoms in total. The van der Waals surface area contributed by atoms with Crippen LogP contribution in [0.15, 0.2) is 97.1 Å². The first kappa shape index (κ1) is 52.8. The van der Waals surface area contributed by atoms with Crippen LogP contribution < -0.4 is 10.6 Å². The van der Waals surface area contributed by atoms with Crippen LogP contribution in [0.1, 0.15) is 69.6 Å². The maximum absolute atomic E-state index is 13.0. The van der Waals surface area contributed by atoms with Crippen LogP contribution in [0.3, 0.4) is 0 Å². The zero-order valence-electron chi connectivity index (χ0n) is 39.0. The highest BCUT2D eigenvalue weighted by molar-refractivity contribution is 7.21. The predicted octanol–water partition coefficient (Wildman–Crippen LogP) is 8.55. The zero-order valence-corrected chi connectivity index (χ0v) is 41.4. The molecule has 4 aromatic carbocycles. The molecule has 4 aliphatic heterocycles. The van der Waals surface area contributed by atoms with E-state index in [4.69, 9.17) is 21.6 Å². The highest BCUT2D eigenvalue weighted by atomic mass is 35.5. The van der Waals surface area contributed by atoms with Gasteiger partial charge in [-0.2, -0.15) is 26.3 Å². The predicted molar refractivity (Wildman–Crippen MR) is 267 cm³/mol. The van der Waals surface area contributed by atoms with Gasteiger partial charge in [0.25, 0.3) is 23.6 Å². The van der Waals surface area contributed by atoms with Crippen LogP contribution in [0.4, 0.5) is 26.3 Å². The van der Waals surface area contributed by atoms with Crippen molar-refractivity contribution < 1.29 is 55.6 Å². The molecular weight excluding hydrogens is 1000 g/mol. The van der Waals surface area contributed by atoms with Crippen molar-refractivity contribution in [3.8, 4) is 0 Å². The highest BCUT2D eigenvalue weighted by Crippen LogP contribution is 2.41. The number of likely N-dealkylation sites (tertiary alicyclic amines) is 4. The number of nitrogens with one attached hydrogen (secondary N) is 2. The lowest BCUT2D eigenvalue weighted by molar-refractivity contribution is -0.138. The monoisotopic (exact) mass is 1050 g/mol. The number of aryl methyl sites for hydroxylation is 1. The Morgan fingerprint density at radius 1 is 0.569 bits per heavy atom. The largest absolute Gasteiger partial charge is 0.448 e. The molecule has 2 aromatic heterocycles. The lowest BCUT2D eigenvalue weighted by Gasteiger charge is -2.41. The minimum absolute atomic E-state index is 0.0170. The summed E-state index contributed by atoms with van der Waals surface area (Å²) in [6.45, 7) is 7.75. The lowest BCUT2D eigenvalue weighted by Crippen LogP contribution is -2.62. The number of alkyl halides is 6. The summed E-state index contributed by atoms with van der Waals surface area (Å²) in [6.07, 6.45) is -7.16. The molecule has 4 aliphatic rings. The first-order valence-electron chi connectivity index (χ1n) is 23.2. The van der Waals surface area contributed by atoms with Crippen LogP contribution >= 0.6 is 34.3 Å². The standard InChI is InChI=1S/C25H24F3N3O2S.C24H21ClF3N3O2S.CH5BO2/c1-15-20-8-7-17(25(26,27)28)11-21(20)34-22(15)24(33)31-13-19(14-31)29-18-9-10-30(12-18)23(32)16-5-3-2-4-6-16;25-20-18-7-6-15(24(26,27)28)10-19(18)34-21(20)23(33)31-12-17(13-31)29-16-8-9-30(11-16)22(32)14-4-2-1-3-5-14;1-2(3)4/h2-8,11,18-19,29H,9-10,12-14H2,1H3;1-7,10,16-17,29H,8-9,11-13H2;3-4H,1H3/t18-;16-;/m00./s1. The smallest absolute Gasteiger partial charge is 0.427 e. The second kappa shape index (κ2) is 21.9. The van der Waals surface area contributed by atoms with E-state index in [1.54, 1.807) is 16.7 Å². The minimum Gasteiger partial charge on any atom is -0.427 e. The summed E-state index contributed by atoms with van der Waals surface area (Å²) in [5.74, 6) is -0.365. The molecule has 4 N–H and O–H groups in total. The summed E-state index contributed by atoms with van der Waals surface area (Å²) in [5.41, 5.74) is 0.614. The Bertz CT molecular complexity index is 2740. The van der Waals surface area contributed by atoms with Gasteiger partial charge in [0, 0.05) is 102 Å². The van der Waals surface area contributed by atoms with Crippen molar-refractivity contribution in [2.75, 3.05) is 52.4 Å². The third-order valence-corrected chi connectivity index (χ3v) is 15.8. The maximum Gasteiger partial charge on any atom is 0.448 e. The normalized spacial score (nSPS) is 18.3. The average molecular weight is 1060 g/mol. The summed E-state index contributed by atoms with van der Waals surface area (Å²) in [5, 5.41) is 23.6. The molecule has 0 aliphatic carbocycles. The molecule has 22 heteroatoms. The van der Waals surface area contributed by atoms with Gasteiger partial charge in [0.2, 0.25) is 0 Å². The fourth-order valence-electron chi connectivity index (χ4n) is 9.13. The number of benzene rings is 4. The van der Waals surface area contributed by atoms with E-state index < -0.39 is 30.6 Å². The van der Waals surface area contributed by atoms with Crippen molar-refractivity contribution in [2.45, 2.75) is 63.1 Å². The molecule has 10 rings (SSSR count). The minimum atomic E-state index is -4.45. The van der Waals surface area contributed by atoms with E-state index in [-0.39, 0.29) is 57.7 Å². The zero-order chi connectivity index (χ0) is 51.6. The molecule has 4 fully saturated rings. The van der Waals surface area contributed by atoms with Gasteiger partial charge in [0.15, 0.2) is 0 Å². The summed E-state index contributed by atoms with van der Waals surface area (Å²) in [7, 11) is -1.17. The molecule has 380 valence electrons. The van der Waals surface area contributed by atoms with Gasteiger partial charge < -0.3 is 40.3 Å². The Hall–Kier alpha value is -5.55. The molecule has 4 amide bonds. The molecule has 6 heterocycles. The van der Waals surface area contributed by atoms with E-state index in [0.717, 1.165) is 65.3 Å². The molecule has 0 radical (unpaired) electrons. The number of carbonyl (C=O) groups excluding carboxylic acids is 4. The molecule has 0 saturated carbocycles. The van der Waals surface area contributed by atoms with Crippen LogP contribution in [-0.2, 0) is 12.4 Å². The molecule has 6 aromatic rings. The first-order chi connectivity index (χ1) is 34.1. The van der Waals surface area contributed by atoms with E-state index in [1.165, 1.54) is 19.0 Å². The highest BCUT2D eigenvalue weighted by Gasteiger charge is 2.39. The molecule has 0 spiro atoms. The lowest BCUT2D eigenvalue weighted by atomic mass is 9.99. The summed E-state index contributed by atoms with van der Waals surface area (Å²) < 4.78 is 78.9. The fourth-order valence-corrected chi connectivity index (χ4v) is 11.9. The van der Waals surface area contributed by atoms with E-state index in [1.807, 2.05) is 70.5 Å². The van der Waals surface area contributed by atoms with Gasteiger partial charge in [0.1, 0.15) is 4.88 Å². The second-order valence-electron chi connectivity index (χ2n) is 18.2. The van der Waals surface area contributed by atoms with Crippen molar-refractivity contribution in [3.05, 3.63) is 140 Å². The van der Waals surface area contributed by atoms with Crippen LogP contribution in [0, 0.1) is 6.92 Å². The number of hydrogen-bond acceptors (Lipinski definition) is 10. The van der Waals surface area contributed by atoms with Crippen LogP contribution in [0.2, 0.25) is 11.8 Å². The van der Waals surface area contributed by atoms with Crippen LogP contribution in [-0.4, -0.2) is 137 Å². The number of carbonyl (C=O) groups is 4. The number of rotatable bonds is 8. The Balaban J connectivity index is 0.000000179. The average Bonchev–Trinajstić information content (AvgIpc) is 4.13. The topological polar surface area (TPSA) is 146 Å². The molecule has 0 bridgehead atoms.